The molecule has 5 heteroatoms. The maximum atomic E-state index is 5.39. The van der Waals surface area contributed by atoms with Crippen molar-refractivity contribution in [3.63, 3.8) is 0 Å². The van der Waals surface area contributed by atoms with Gasteiger partial charge in [0.2, 0.25) is 5.88 Å². The van der Waals surface area contributed by atoms with Gasteiger partial charge in [0.15, 0.2) is 0 Å². The summed E-state index contributed by atoms with van der Waals surface area (Å²) in [4.78, 5) is 8.40. The van der Waals surface area contributed by atoms with Gasteiger partial charge in [-0.25, -0.2) is 4.98 Å². The van der Waals surface area contributed by atoms with Crippen molar-refractivity contribution in [1.82, 2.24) is 9.97 Å². The van der Waals surface area contributed by atoms with E-state index < -0.39 is 0 Å². The van der Waals surface area contributed by atoms with Crippen LogP contribution in [0.2, 0.25) is 0 Å². The molecule has 5 nitrogen and oxygen atoms in total. The first-order valence-corrected chi connectivity index (χ1v) is 5.97. The topological polar surface area (TPSA) is 56.3 Å². The van der Waals surface area contributed by atoms with E-state index in [9.17, 15) is 0 Å². The summed E-state index contributed by atoms with van der Waals surface area (Å²) in [5.74, 6) is 2.08. The summed E-state index contributed by atoms with van der Waals surface area (Å²) in [6, 6.07) is 1.79. The lowest BCUT2D eigenvalue weighted by molar-refractivity contribution is 0.134. The summed E-state index contributed by atoms with van der Waals surface area (Å²) in [7, 11) is 1.60. The molecular weight excluding hydrogens is 218 g/mol. The average Bonchev–Trinajstić information content (AvgIpc) is 2.33. The first-order chi connectivity index (χ1) is 8.26. The van der Waals surface area contributed by atoms with Crippen molar-refractivity contribution < 1.29 is 9.47 Å². The third-order valence-electron chi connectivity index (χ3n) is 2.14. The minimum Gasteiger partial charge on any atom is -0.481 e. The predicted molar refractivity (Wildman–Crippen MR) is 67.5 cm³/mol. The van der Waals surface area contributed by atoms with Gasteiger partial charge >= 0.3 is 0 Å². The first kappa shape index (κ1) is 13.7. The van der Waals surface area contributed by atoms with Crippen molar-refractivity contribution in [2.24, 2.45) is 0 Å². The van der Waals surface area contributed by atoms with Crippen molar-refractivity contribution >= 4 is 5.82 Å². The van der Waals surface area contributed by atoms with Gasteiger partial charge in [0.1, 0.15) is 11.6 Å². The fourth-order valence-corrected chi connectivity index (χ4v) is 1.37. The highest BCUT2D eigenvalue weighted by molar-refractivity contribution is 5.38. The monoisotopic (exact) mass is 239 g/mol. The van der Waals surface area contributed by atoms with Crippen LogP contribution in [0.1, 0.15) is 25.6 Å². The zero-order valence-corrected chi connectivity index (χ0v) is 10.8. The highest BCUT2D eigenvalue weighted by Gasteiger charge is 2.00. The van der Waals surface area contributed by atoms with Gasteiger partial charge in [-0.15, -0.1) is 0 Å². The van der Waals surface area contributed by atoms with Crippen molar-refractivity contribution in [2.45, 2.75) is 26.7 Å². The van der Waals surface area contributed by atoms with Crippen LogP contribution in [0.3, 0.4) is 0 Å². The third-order valence-corrected chi connectivity index (χ3v) is 2.14. The van der Waals surface area contributed by atoms with Crippen molar-refractivity contribution in [3.05, 3.63) is 11.9 Å². The normalized spacial score (nSPS) is 10.3. The van der Waals surface area contributed by atoms with E-state index in [-0.39, 0.29) is 0 Å². The third kappa shape index (κ3) is 5.49. The maximum Gasteiger partial charge on any atom is 0.218 e. The van der Waals surface area contributed by atoms with E-state index in [1.54, 1.807) is 13.2 Å². The number of methoxy groups -OCH3 is 1. The summed E-state index contributed by atoms with van der Waals surface area (Å²) in [5.41, 5.74) is 0. The summed E-state index contributed by atoms with van der Waals surface area (Å²) in [5, 5.41) is 3.23. The predicted octanol–water partition coefficient (Wildman–Crippen LogP) is 2.02. The number of nitrogens with one attached hydrogen (secondary N) is 1. The van der Waals surface area contributed by atoms with Gasteiger partial charge in [-0.3, -0.25) is 0 Å². The van der Waals surface area contributed by atoms with Crippen LogP contribution in [0, 0.1) is 6.92 Å². The zero-order valence-electron chi connectivity index (χ0n) is 10.8. The van der Waals surface area contributed by atoms with Crippen LogP contribution in [-0.4, -0.2) is 36.8 Å². The summed E-state index contributed by atoms with van der Waals surface area (Å²) < 4.78 is 10.5. The molecule has 0 fully saturated rings. The Morgan fingerprint density at radius 3 is 2.82 bits per heavy atom. The molecule has 0 aromatic carbocycles. The number of rotatable bonds is 8. The van der Waals surface area contributed by atoms with Crippen LogP contribution in [-0.2, 0) is 4.74 Å². The van der Waals surface area contributed by atoms with E-state index >= 15 is 0 Å². The number of anilines is 1. The second kappa shape index (κ2) is 7.84. The van der Waals surface area contributed by atoms with Crippen LogP contribution in [0.15, 0.2) is 6.07 Å². The Morgan fingerprint density at radius 2 is 2.12 bits per heavy atom. The Morgan fingerprint density at radius 1 is 1.29 bits per heavy atom. The van der Waals surface area contributed by atoms with E-state index in [1.807, 2.05) is 6.92 Å². The van der Waals surface area contributed by atoms with Crippen LogP contribution in [0.25, 0.3) is 0 Å². The molecule has 0 saturated carbocycles. The van der Waals surface area contributed by atoms with Gasteiger partial charge in [-0.1, -0.05) is 6.92 Å². The maximum absolute atomic E-state index is 5.39. The van der Waals surface area contributed by atoms with Crippen LogP contribution in [0.4, 0.5) is 5.82 Å². The Bertz CT molecular complexity index is 332. The number of ether oxygens (including phenoxy) is 2. The van der Waals surface area contributed by atoms with Crippen LogP contribution >= 0.6 is 0 Å². The average molecular weight is 239 g/mol. The van der Waals surface area contributed by atoms with Gasteiger partial charge in [-0.2, -0.15) is 4.98 Å². The van der Waals surface area contributed by atoms with Gasteiger partial charge in [0.05, 0.1) is 7.11 Å². The molecule has 0 unspecified atom stereocenters. The first-order valence-electron chi connectivity index (χ1n) is 5.97. The Labute approximate surface area is 103 Å². The highest BCUT2D eigenvalue weighted by atomic mass is 16.5. The minimum absolute atomic E-state index is 0.585. The smallest absolute Gasteiger partial charge is 0.218 e. The number of nitrogens with zero attached hydrogens (tertiary/aromatic N) is 2. The molecule has 17 heavy (non-hydrogen) atoms. The molecular formula is C12H21N3O2. The SMILES string of the molecule is CCCOCCCNc1cc(OC)nc(C)n1. The molecule has 0 aliphatic heterocycles. The van der Waals surface area contributed by atoms with E-state index in [4.69, 9.17) is 9.47 Å². The number of aryl methyl sites for hydroxylation is 1. The molecule has 96 valence electrons. The molecule has 0 saturated heterocycles. The molecule has 0 atom stereocenters. The molecule has 0 aliphatic rings. The minimum atomic E-state index is 0.585. The van der Waals surface area contributed by atoms with Gasteiger partial charge in [0, 0.05) is 25.8 Å². The second-order valence-electron chi connectivity index (χ2n) is 3.74. The zero-order chi connectivity index (χ0) is 12.5. The number of hydrogen-bond acceptors (Lipinski definition) is 5. The molecule has 1 heterocycles. The summed E-state index contributed by atoms with van der Waals surface area (Å²) in [6.45, 7) is 6.40. The molecule has 0 bridgehead atoms. The second-order valence-corrected chi connectivity index (χ2v) is 3.74. The van der Waals surface area contributed by atoms with Gasteiger partial charge in [-0.05, 0) is 19.8 Å². The Hall–Kier alpha value is -1.36. The lowest BCUT2D eigenvalue weighted by atomic mass is 10.4. The van der Waals surface area contributed by atoms with Crippen molar-refractivity contribution in [3.8, 4) is 5.88 Å². The summed E-state index contributed by atoms with van der Waals surface area (Å²) >= 11 is 0. The van der Waals surface area contributed by atoms with E-state index in [2.05, 4.69) is 22.2 Å². The Balaban J connectivity index is 2.28. The fourth-order valence-electron chi connectivity index (χ4n) is 1.37. The Kier molecular flexibility index (Phi) is 6.32. The van der Waals surface area contributed by atoms with E-state index in [0.717, 1.165) is 38.4 Å². The van der Waals surface area contributed by atoms with Crippen molar-refractivity contribution in [1.29, 1.82) is 0 Å². The lowest BCUT2D eigenvalue weighted by Gasteiger charge is -2.08. The quantitative estimate of drug-likeness (QED) is 0.703. The molecule has 1 aromatic heterocycles. The summed E-state index contributed by atoms with van der Waals surface area (Å²) in [6.07, 6.45) is 2.03. The van der Waals surface area contributed by atoms with E-state index in [0.29, 0.717) is 11.7 Å². The molecule has 0 aliphatic carbocycles. The number of aromatic nitrogens is 2. The highest BCUT2D eigenvalue weighted by Crippen LogP contribution is 2.12. The molecule has 0 radical (unpaired) electrons. The molecule has 1 aromatic rings. The molecule has 1 N–H and O–H groups in total. The largest absolute Gasteiger partial charge is 0.481 e. The molecule has 0 amide bonds. The molecule has 1 rings (SSSR count). The van der Waals surface area contributed by atoms with Gasteiger partial charge < -0.3 is 14.8 Å². The number of hydrogen-bond donors (Lipinski definition) is 1. The fraction of sp³-hybridized carbons (Fsp3) is 0.667. The van der Waals surface area contributed by atoms with E-state index in [1.165, 1.54) is 0 Å². The van der Waals surface area contributed by atoms with Crippen LogP contribution < -0.4 is 10.1 Å². The van der Waals surface area contributed by atoms with Crippen LogP contribution in [0.5, 0.6) is 5.88 Å². The molecule has 0 spiro atoms. The van der Waals surface area contributed by atoms with Gasteiger partial charge in [0.25, 0.3) is 0 Å². The lowest BCUT2D eigenvalue weighted by Crippen LogP contribution is -2.08. The standard InChI is InChI=1S/C12H21N3O2/c1-4-7-17-8-5-6-13-11-9-12(16-3)15-10(2)14-11/h9H,4-8H2,1-3H3,(H,13,14,15). The van der Waals surface area contributed by atoms with Crippen molar-refractivity contribution in [2.75, 3.05) is 32.2 Å².